The Morgan fingerprint density at radius 2 is 1.43 bits per heavy atom. The van der Waals surface area contributed by atoms with Gasteiger partial charge in [0.25, 0.3) is 14.7 Å². The molecule has 1 aromatic rings. The van der Waals surface area contributed by atoms with Gasteiger partial charge in [-0.25, -0.2) is 8.42 Å². The van der Waals surface area contributed by atoms with Gasteiger partial charge in [-0.15, -0.1) is 0 Å². The van der Waals surface area contributed by atoms with Gasteiger partial charge in [0.05, 0.1) is 10.5 Å². The molecule has 0 unspecified atom stereocenters. The third-order valence-electron chi connectivity index (χ3n) is 2.17. The molecule has 0 atom stereocenters. The van der Waals surface area contributed by atoms with Gasteiger partial charge in [-0.1, -0.05) is 0 Å². The maximum atomic E-state index is 12.6. The number of nitro groups is 1. The summed E-state index contributed by atoms with van der Waals surface area (Å²) >= 11 is 0. The van der Waals surface area contributed by atoms with E-state index in [4.69, 9.17) is 0 Å². The largest absolute Gasteiger partial charge is 0.423 e. The van der Waals surface area contributed by atoms with Crippen molar-refractivity contribution in [2.75, 3.05) is 0 Å². The predicted octanol–water partition coefficient (Wildman–Crippen LogP) is 3.56. The third kappa shape index (κ3) is 3.75. The van der Waals surface area contributed by atoms with Gasteiger partial charge in [0, 0.05) is 16.7 Å². The first kappa shape index (κ1) is 17.5. The minimum absolute atomic E-state index is 0.367. The van der Waals surface area contributed by atoms with E-state index < -0.39 is 54.1 Å². The van der Waals surface area contributed by atoms with Gasteiger partial charge in [0.2, 0.25) is 0 Å². The molecule has 0 aliphatic heterocycles. The zero-order valence-corrected chi connectivity index (χ0v) is 10.9. The average Bonchev–Trinajstić information content (AvgIpc) is 2.23. The Balaban J connectivity index is 3.94. The smallest absolute Gasteiger partial charge is 0.258 e. The maximum absolute atomic E-state index is 12.6. The van der Waals surface area contributed by atoms with E-state index in [9.17, 15) is 44.9 Å². The predicted molar refractivity (Wildman–Crippen MR) is 56.1 cm³/mol. The lowest BCUT2D eigenvalue weighted by atomic mass is 10.1. The molecule has 0 aromatic heterocycles. The molecule has 21 heavy (non-hydrogen) atoms. The molecule has 0 aliphatic carbocycles. The van der Waals surface area contributed by atoms with Gasteiger partial charge in [-0.2, -0.15) is 26.3 Å². The standard InChI is InChI=1S/C8H2ClF6NO4S/c9-21(19,20)6-2-5(16(17)18)3(7(10,11)12)1-4(6)8(13,14)15/h1-2H. The van der Waals surface area contributed by atoms with E-state index in [-0.39, 0.29) is 6.07 Å². The molecule has 0 bridgehead atoms. The quantitative estimate of drug-likeness (QED) is 0.351. The van der Waals surface area contributed by atoms with E-state index in [1.807, 2.05) is 0 Å². The molecule has 0 amide bonds. The summed E-state index contributed by atoms with van der Waals surface area (Å²) in [5, 5.41) is 10.5. The summed E-state index contributed by atoms with van der Waals surface area (Å²) in [7, 11) is -0.473. The minimum Gasteiger partial charge on any atom is -0.258 e. The minimum atomic E-state index is -5.51. The zero-order valence-electron chi connectivity index (χ0n) is 9.29. The molecule has 0 radical (unpaired) electrons. The highest BCUT2D eigenvalue weighted by Gasteiger charge is 2.45. The Morgan fingerprint density at radius 3 is 1.71 bits per heavy atom. The van der Waals surface area contributed by atoms with E-state index in [2.05, 4.69) is 10.7 Å². The number of benzene rings is 1. The fourth-order valence-electron chi connectivity index (χ4n) is 1.37. The number of hydrogen-bond donors (Lipinski definition) is 0. The highest BCUT2D eigenvalue weighted by molar-refractivity contribution is 8.13. The fourth-order valence-corrected chi connectivity index (χ4v) is 2.44. The molecule has 1 rings (SSSR count). The van der Waals surface area contributed by atoms with Gasteiger partial charge < -0.3 is 0 Å². The van der Waals surface area contributed by atoms with Crippen molar-refractivity contribution in [1.29, 1.82) is 0 Å². The van der Waals surface area contributed by atoms with Crippen molar-refractivity contribution in [2.24, 2.45) is 0 Å². The van der Waals surface area contributed by atoms with Crippen molar-refractivity contribution < 1.29 is 39.7 Å². The molecular weight excluding hydrogens is 356 g/mol. The summed E-state index contributed by atoms with van der Waals surface area (Å²) in [5.74, 6) is 0. The lowest BCUT2D eigenvalue weighted by Gasteiger charge is -2.14. The normalized spacial score (nSPS) is 13.3. The Hall–Kier alpha value is -1.56. The molecule has 0 saturated heterocycles. The number of hydrogen-bond acceptors (Lipinski definition) is 4. The number of nitrogens with zero attached hydrogens (tertiary/aromatic N) is 1. The van der Waals surface area contributed by atoms with Crippen LogP contribution in [-0.2, 0) is 21.4 Å². The first-order valence-corrected chi connectivity index (χ1v) is 6.88. The Kier molecular flexibility index (Phi) is 4.18. The molecule has 0 saturated carbocycles. The summed E-state index contributed by atoms with van der Waals surface area (Å²) in [6, 6.07) is -1.03. The first-order valence-electron chi connectivity index (χ1n) is 4.57. The highest BCUT2D eigenvalue weighted by Crippen LogP contribution is 2.43. The fraction of sp³-hybridized carbons (Fsp3) is 0.250. The Bertz CT molecular complexity index is 696. The summed E-state index contributed by atoms with van der Waals surface area (Å²) in [4.78, 5) is 7.01. The molecule has 0 spiro atoms. The molecule has 0 N–H and O–H groups in total. The van der Waals surface area contributed by atoms with Gasteiger partial charge in [0.15, 0.2) is 0 Å². The topological polar surface area (TPSA) is 77.3 Å². The van der Waals surface area contributed by atoms with Crippen LogP contribution in [0.25, 0.3) is 0 Å². The third-order valence-corrected chi connectivity index (χ3v) is 3.53. The Morgan fingerprint density at radius 1 is 1.00 bits per heavy atom. The van der Waals surface area contributed by atoms with Crippen LogP contribution in [0.1, 0.15) is 11.1 Å². The van der Waals surface area contributed by atoms with Crippen LogP contribution in [0.2, 0.25) is 0 Å². The number of rotatable bonds is 2. The lowest BCUT2D eigenvalue weighted by molar-refractivity contribution is -0.388. The first-order chi connectivity index (χ1) is 9.15. The van der Waals surface area contributed by atoms with Gasteiger partial charge >= 0.3 is 12.4 Å². The lowest BCUT2D eigenvalue weighted by Crippen LogP contribution is -2.16. The van der Waals surface area contributed by atoms with Crippen LogP contribution in [0.15, 0.2) is 17.0 Å². The number of nitro benzene ring substituents is 1. The van der Waals surface area contributed by atoms with Crippen LogP contribution in [0.4, 0.5) is 32.0 Å². The second-order valence-electron chi connectivity index (χ2n) is 3.56. The molecule has 5 nitrogen and oxygen atoms in total. The molecule has 13 heteroatoms. The average molecular weight is 358 g/mol. The second-order valence-corrected chi connectivity index (χ2v) is 6.09. The SMILES string of the molecule is O=[N+]([O-])c1cc(S(=O)(=O)Cl)c(C(F)(F)F)cc1C(F)(F)F. The van der Waals surface area contributed by atoms with Crippen LogP contribution < -0.4 is 0 Å². The molecular formula is C8H2ClF6NO4S. The van der Waals surface area contributed by atoms with Crippen molar-refractivity contribution in [3.63, 3.8) is 0 Å². The van der Waals surface area contributed by atoms with Gasteiger partial charge in [0.1, 0.15) is 10.5 Å². The van der Waals surface area contributed by atoms with Crippen LogP contribution >= 0.6 is 10.7 Å². The van der Waals surface area contributed by atoms with Crippen molar-refractivity contribution in [2.45, 2.75) is 17.2 Å². The zero-order chi connectivity index (χ0) is 16.8. The van der Waals surface area contributed by atoms with Crippen LogP contribution in [0.5, 0.6) is 0 Å². The van der Waals surface area contributed by atoms with Crippen LogP contribution in [0.3, 0.4) is 0 Å². The van der Waals surface area contributed by atoms with E-state index in [0.29, 0.717) is 0 Å². The second kappa shape index (κ2) is 5.02. The van der Waals surface area contributed by atoms with Crippen molar-refractivity contribution >= 4 is 25.4 Å². The molecule has 0 heterocycles. The van der Waals surface area contributed by atoms with Crippen molar-refractivity contribution in [3.05, 3.63) is 33.4 Å². The highest BCUT2D eigenvalue weighted by atomic mass is 35.7. The van der Waals surface area contributed by atoms with E-state index in [1.54, 1.807) is 0 Å². The monoisotopic (exact) mass is 357 g/mol. The molecule has 0 fully saturated rings. The summed E-state index contributed by atoms with van der Waals surface area (Å²) in [5.41, 5.74) is -6.32. The number of alkyl halides is 6. The summed E-state index contributed by atoms with van der Waals surface area (Å²) in [6.45, 7) is 0. The van der Waals surface area contributed by atoms with Gasteiger partial charge in [-0.05, 0) is 6.07 Å². The van der Waals surface area contributed by atoms with Crippen molar-refractivity contribution in [3.8, 4) is 0 Å². The maximum Gasteiger partial charge on any atom is 0.423 e. The van der Waals surface area contributed by atoms with E-state index >= 15 is 0 Å². The number of halogens is 7. The van der Waals surface area contributed by atoms with Gasteiger partial charge in [-0.3, -0.25) is 10.1 Å². The molecule has 1 aromatic carbocycles. The summed E-state index contributed by atoms with van der Waals surface area (Å²) < 4.78 is 97.5. The van der Waals surface area contributed by atoms with E-state index in [1.165, 1.54) is 0 Å². The van der Waals surface area contributed by atoms with Crippen LogP contribution in [0, 0.1) is 10.1 Å². The Labute approximate surface area is 116 Å². The van der Waals surface area contributed by atoms with E-state index in [0.717, 1.165) is 0 Å². The van der Waals surface area contributed by atoms with Crippen LogP contribution in [-0.4, -0.2) is 13.3 Å². The van der Waals surface area contributed by atoms with Crippen molar-refractivity contribution in [1.82, 2.24) is 0 Å². The summed E-state index contributed by atoms with van der Waals surface area (Å²) in [6.07, 6.45) is -11.0. The molecule has 118 valence electrons. The molecule has 0 aliphatic rings.